The average molecular weight is 326 g/mol. The molecule has 0 N–H and O–H groups in total. The Hall–Kier alpha value is -2.85. The van der Waals surface area contributed by atoms with E-state index in [1.165, 1.54) is 0 Å². The largest absolute Gasteiger partial charge is 0.439 e. The number of nitrogens with zero attached hydrogens (tertiary/aromatic N) is 1. The van der Waals surface area contributed by atoms with Crippen LogP contribution in [0.2, 0.25) is 5.02 Å². The molecule has 5 heteroatoms. The predicted octanol–water partition coefficient (Wildman–Crippen LogP) is 4.75. The van der Waals surface area contributed by atoms with Gasteiger partial charge in [0.2, 0.25) is 5.88 Å². The second kappa shape index (κ2) is 6.94. The van der Waals surface area contributed by atoms with Gasteiger partial charge >= 0.3 is 5.97 Å². The zero-order chi connectivity index (χ0) is 16.1. The Labute approximate surface area is 138 Å². The third-order valence-corrected chi connectivity index (χ3v) is 3.19. The normalized spacial score (nSPS) is 10.1. The highest BCUT2D eigenvalue weighted by Gasteiger charge is 2.09. The smallest absolute Gasteiger partial charge is 0.343 e. The molecule has 0 spiro atoms. The molecule has 0 aliphatic heterocycles. The van der Waals surface area contributed by atoms with Crippen molar-refractivity contribution in [1.29, 1.82) is 0 Å². The zero-order valence-corrected chi connectivity index (χ0v) is 12.7. The van der Waals surface area contributed by atoms with Crippen LogP contribution in [0.3, 0.4) is 0 Å². The second-order valence-corrected chi connectivity index (χ2v) is 5.08. The summed E-state index contributed by atoms with van der Waals surface area (Å²) in [6.07, 6.45) is 1.65. The van der Waals surface area contributed by atoms with Crippen LogP contribution in [0, 0.1) is 0 Å². The first-order valence-electron chi connectivity index (χ1n) is 6.87. The summed E-state index contributed by atoms with van der Waals surface area (Å²) in [5.74, 6) is 1.05. The van der Waals surface area contributed by atoms with Crippen molar-refractivity contribution < 1.29 is 14.3 Å². The van der Waals surface area contributed by atoms with Crippen molar-refractivity contribution in [2.45, 2.75) is 0 Å². The van der Waals surface area contributed by atoms with Gasteiger partial charge < -0.3 is 9.47 Å². The van der Waals surface area contributed by atoms with Crippen LogP contribution in [0.15, 0.2) is 72.9 Å². The molecule has 0 saturated heterocycles. The monoisotopic (exact) mass is 325 g/mol. The highest BCUT2D eigenvalue weighted by Crippen LogP contribution is 2.23. The van der Waals surface area contributed by atoms with Crippen molar-refractivity contribution in [1.82, 2.24) is 4.98 Å². The number of benzene rings is 2. The van der Waals surface area contributed by atoms with Crippen molar-refractivity contribution in [3.63, 3.8) is 0 Å². The third kappa shape index (κ3) is 4.08. The minimum Gasteiger partial charge on any atom is -0.439 e. The number of carbonyl (C=O) groups excluding carboxylic acids is 1. The SMILES string of the molecule is O=C(Oc1ccc(Oc2ccccn2)cc1)c1cccc(Cl)c1. The summed E-state index contributed by atoms with van der Waals surface area (Å²) >= 11 is 5.86. The van der Waals surface area contributed by atoms with E-state index in [-0.39, 0.29) is 0 Å². The Balaban J connectivity index is 1.67. The fourth-order valence-corrected chi connectivity index (χ4v) is 2.08. The van der Waals surface area contributed by atoms with E-state index in [2.05, 4.69) is 4.98 Å². The molecule has 3 rings (SSSR count). The molecule has 0 radical (unpaired) electrons. The molecule has 3 aromatic rings. The lowest BCUT2D eigenvalue weighted by atomic mass is 10.2. The molecule has 4 nitrogen and oxygen atoms in total. The minimum atomic E-state index is -0.467. The Kier molecular flexibility index (Phi) is 4.54. The number of hydrogen-bond acceptors (Lipinski definition) is 4. The maximum atomic E-state index is 12.0. The van der Waals surface area contributed by atoms with Gasteiger partial charge in [-0.15, -0.1) is 0 Å². The van der Waals surface area contributed by atoms with E-state index in [1.54, 1.807) is 60.8 Å². The molecule has 1 heterocycles. The topological polar surface area (TPSA) is 48.4 Å². The second-order valence-electron chi connectivity index (χ2n) is 4.64. The number of hydrogen-bond donors (Lipinski definition) is 0. The molecule has 0 saturated carbocycles. The Morgan fingerprint density at radius 2 is 1.70 bits per heavy atom. The Morgan fingerprint density at radius 1 is 0.913 bits per heavy atom. The lowest BCUT2D eigenvalue weighted by Crippen LogP contribution is -2.08. The fourth-order valence-electron chi connectivity index (χ4n) is 1.89. The summed E-state index contributed by atoms with van der Waals surface area (Å²) in [4.78, 5) is 16.1. The number of halogens is 1. The van der Waals surface area contributed by atoms with Gasteiger partial charge in [0.15, 0.2) is 0 Å². The molecule has 1 aromatic heterocycles. The highest BCUT2D eigenvalue weighted by atomic mass is 35.5. The molecular formula is C18H12ClNO3. The summed E-state index contributed by atoms with van der Waals surface area (Å²) in [5, 5.41) is 0.485. The third-order valence-electron chi connectivity index (χ3n) is 2.95. The van der Waals surface area contributed by atoms with Crippen LogP contribution in [0.25, 0.3) is 0 Å². The number of aromatic nitrogens is 1. The Morgan fingerprint density at radius 3 is 2.39 bits per heavy atom. The van der Waals surface area contributed by atoms with Crippen LogP contribution in [0.4, 0.5) is 0 Å². The highest BCUT2D eigenvalue weighted by molar-refractivity contribution is 6.30. The van der Waals surface area contributed by atoms with Crippen LogP contribution >= 0.6 is 11.6 Å². The van der Waals surface area contributed by atoms with Crippen molar-refractivity contribution in [3.05, 3.63) is 83.5 Å². The van der Waals surface area contributed by atoms with Gasteiger partial charge in [0, 0.05) is 17.3 Å². The number of rotatable bonds is 4. The lowest BCUT2D eigenvalue weighted by Gasteiger charge is -2.07. The first-order chi connectivity index (χ1) is 11.2. The van der Waals surface area contributed by atoms with Gasteiger partial charge in [-0.1, -0.05) is 23.7 Å². The van der Waals surface area contributed by atoms with E-state index in [4.69, 9.17) is 21.1 Å². The van der Waals surface area contributed by atoms with Crippen molar-refractivity contribution >= 4 is 17.6 Å². The maximum Gasteiger partial charge on any atom is 0.343 e. The fraction of sp³-hybridized carbons (Fsp3) is 0. The number of esters is 1. The molecule has 0 unspecified atom stereocenters. The lowest BCUT2D eigenvalue weighted by molar-refractivity contribution is 0.0734. The number of carbonyl (C=O) groups is 1. The molecular weight excluding hydrogens is 314 g/mol. The number of ether oxygens (including phenoxy) is 2. The standard InChI is InChI=1S/C18H12ClNO3/c19-14-5-3-4-13(12-14)18(21)23-16-9-7-15(8-10-16)22-17-6-1-2-11-20-17/h1-12H. The molecule has 0 fully saturated rings. The van der Waals surface area contributed by atoms with Gasteiger partial charge in [0.25, 0.3) is 0 Å². The molecule has 0 atom stereocenters. The van der Waals surface area contributed by atoms with E-state index in [0.29, 0.717) is 28.0 Å². The van der Waals surface area contributed by atoms with Crippen LogP contribution in [0.1, 0.15) is 10.4 Å². The van der Waals surface area contributed by atoms with Crippen LogP contribution in [-0.4, -0.2) is 11.0 Å². The van der Waals surface area contributed by atoms with E-state index in [0.717, 1.165) is 0 Å². The van der Waals surface area contributed by atoms with E-state index < -0.39 is 5.97 Å². The molecule has 0 aliphatic carbocycles. The van der Waals surface area contributed by atoms with E-state index >= 15 is 0 Å². The van der Waals surface area contributed by atoms with Crippen molar-refractivity contribution in [2.24, 2.45) is 0 Å². The van der Waals surface area contributed by atoms with Crippen molar-refractivity contribution in [3.8, 4) is 17.4 Å². The molecule has 114 valence electrons. The van der Waals surface area contributed by atoms with Gasteiger partial charge in [-0.05, 0) is 48.5 Å². The molecule has 0 bridgehead atoms. The summed E-state index contributed by atoms with van der Waals surface area (Å²) in [6, 6.07) is 18.7. The summed E-state index contributed by atoms with van der Waals surface area (Å²) in [6.45, 7) is 0. The Bertz CT molecular complexity index is 804. The average Bonchev–Trinajstić information content (AvgIpc) is 2.57. The van der Waals surface area contributed by atoms with Gasteiger partial charge in [-0.3, -0.25) is 0 Å². The first-order valence-corrected chi connectivity index (χ1v) is 7.25. The van der Waals surface area contributed by atoms with Crippen molar-refractivity contribution in [2.75, 3.05) is 0 Å². The summed E-state index contributed by atoms with van der Waals surface area (Å²) in [7, 11) is 0. The zero-order valence-electron chi connectivity index (χ0n) is 12.0. The van der Waals surface area contributed by atoms with E-state index in [1.807, 2.05) is 12.1 Å². The van der Waals surface area contributed by atoms with Gasteiger partial charge in [0.05, 0.1) is 5.56 Å². The molecule has 0 aliphatic rings. The molecule has 0 amide bonds. The summed E-state index contributed by atoms with van der Waals surface area (Å²) < 4.78 is 10.9. The van der Waals surface area contributed by atoms with Gasteiger partial charge in [-0.2, -0.15) is 0 Å². The van der Waals surface area contributed by atoms with Crippen LogP contribution in [0.5, 0.6) is 17.4 Å². The maximum absolute atomic E-state index is 12.0. The van der Waals surface area contributed by atoms with Crippen LogP contribution in [-0.2, 0) is 0 Å². The van der Waals surface area contributed by atoms with E-state index in [9.17, 15) is 4.79 Å². The first kappa shape index (κ1) is 15.1. The molecule has 23 heavy (non-hydrogen) atoms. The molecule has 2 aromatic carbocycles. The summed E-state index contributed by atoms with van der Waals surface area (Å²) in [5.41, 5.74) is 0.395. The van der Waals surface area contributed by atoms with Gasteiger partial charge in [0.1, 0.15) is 11.5 Å². The predicted molar refractivity (Wildman–Crippen MR) is 87.2 cm³/mol. The number of pyridine rings is 1. The van der Waals surface area contributed by atoms with Gasteiger partial charge in [-0.25, -0.2) is 9.78 Å². The quantitative estimate of drug-likeness (QED) is 0.513. The minimum absolute atomic E-state index is 0.395. The van der Waals surface area contributed by atoms with Crippen LogP contribution < -0.4 is 9.47 Å².